The van der Waals surface area contributed by atoms with Crippen LogP contribution in [0.2, 0.25) is 0 Å². The fourth-order valence-corrected chi connectivity index (χ4v) is 1.63. The third-order valence-corrected chi connectivity index (χ3v) is 2.90. The second-order valence-electron chi connectivity index (χ2n) is 4.59. The third-order valence-electron chi connectivity index (χ3n) is 2.90. The summed E-state index contributed by atoms with van der Waals surface area (Å²) < 4.78 is 0. The van der Waals surface area contributed by atoms with Gasteiger partial charge in [-0.15, -0.1) is 6.58 Å². The van der Waals surface area contributed by atoms with Gasteiger partial charge in [-0.05, 0) is 45.4 Å². The van der Waals surface area contributed by atoms with Crippen LogP contribution in [-0.4, -0.2) is 11.1 Å². The predicted octanol–water partition coefficient (Wildman–Crippen LogP) is 4.35. The molecule has 0 amide bonds. The Balaban J connectivity index is 4.16. The standard InChI is InChI=1S/C15H24O2/c1-5-6-7-14(12(2)3)10-8-13(4)9-11-15(16)17/h5,8,14H,1-2,6-7,9-11H2,3-4H3,(H,16,17)/b13-8+/t14-/m0/s1. The molecule has 0 aromatic rings. The number of carbonyl (C=O) groups is 1. The van der Waals surface area contributed by atoms with E-state index in [-0.39, 0.29) is 6.42 Å². The van der Waals surface area contributed by atoms with Gasteiger partial charge in [0.05, 0.1) is 0 Å². The molecule has 17 heavy (non-hydrogen) atoms. The van der Waals surface area contributed by atoms with Crippen molar-refractivity contribution in [3.63, 3.8) is 0 Å². The van der Waals surface area contributed by atoms with Crippen LogP contribution in [0, 0.1) is 5.92 Å². The van der Waals surface area contributed by atoms with Gasteiger partial charge in [-0.2, -0.15) is 0 Å². The van der Waals surface area contributed by atoms with Crippen molar-refractivity contribution in [1.29, 1.82) is 0 Å². The summed E-state index contributed by atoms with van der Waals surface area (Å²) in [5.74, 6) is -0.256. The molecular weight excluding hydrogens is 212 g/mol. The molecule has 0 unspecified atom stereocenters. The van der Waals surface area contributed by atoms with Gasteiger partial charge in [0.15, 0.2) is 0 Å². The molecule has 0 aromatic carbocycles. The maximum absolute atomic E-state index is 10.4. The maximum Gasteiger partial charge on any atom is 0.303 e. The molecule has 96 valence electrons. The lowest BCUT2D eigenvalue weighted by Crippen LogP contribution is -2.00. The zero-order chi connectivity index (χ0) is 13.3. The van der Waals surface area contributed by atoms with Crippen molar-refractivity contribution in [3.05, 3.63) is 36.5 Å². The molecule has 0 fully saturated rings. The average molecular weight is 236 g/mol. The fourth-order valence-electron chi connectivity index (χ4n) is 1.63. The molecule has 0 saturated carbocycles. The predicted molar refractivity (Wildman–Crippen MR) is 73.0 cm³/mol. The minimum Gasteiger partial charge on any atom is -0.481 e. The first kappa shape index (κ1) is 15.7. The van der Waals surface area contributed by atoms with Crippen molar-refractivity contribution < 1.29 is 9.90 Å². The van der Waals surface area contributed by atoms with Crippen molar-refractivity contribution >= 4 is 5.97 Å². The molecule has 0 aliphatic carbocycles. The summed E-state index contributed by atoms with van der Waals surface area (Å²) in [5, 5.41) is 8.59. The smallest absolute Gasteiger partial charge is 0.303 e. The summed E-state index contributed by atoms with van der Waals surface area (Å²) in [7, 11) is 0. The number of carboxylic acids is 1. The molecule has 0 aliphatic rings. The van der Waals surface area contributed by atoms with E-state index in [0.29, 0.717) is 12.3 Å². The lowest BCUT2D eigenvalue weighted by molar-refractivity contribution is -0.136. The molecule has 0 aliphatic heterocycles. The molecule has 0 bridgehead atoms. The summed E-state index contributed by atoms with van der Waals surface area (Å²) >= 11 is 0. The highest BCUT2D eigenvalue weighted by Crippen LogP contribution is 2.21. The van der Waals surface area contributed by atoms with Crippen molar-refractivity contribution in [2.45, 2.75) is 46.0 Å². The van der Waals surface area contributed by atoms with Gasteiger partial charge in [0, 0.05) is 6.42 Å². The quantitative estimate of drug-likeness (QED) is 0.604. The molecule has 2 heteroatoms. The molecule has 0 saturated heterocycles. The molecule has 0 aromatic heterocycles. The summed E-state index contributed by atoms with van der Waals surface area (Å²) in [4.78, 5) is 10.4. The number of aliphatic carboxylic acids is 1. The van der Waals surface area contributed by atoms with E-state index in [4.69, 9.17) is 5.11 Å². The number of hydrogen-bond acceptors (Lipinski definition) is 1. The Morgan fingerprint density at radius 2 is 2.00 bits per heavy atom. The van der Waals surface area contributed by atoms with E-state index in [9.17, 15) is 4.79 Å². The zero-order valence-corrected chi connectivity index (χ0v) is 11.0. The molecule has 0 spiro atoms. The SMILES string of the molecule is C=CCC[C@@H](C/C=C(\C)CCC(=O)O)C(=C)C. The number of allylic oxidation sites excluding steroid dienone is 4. The highest BCUT2D eigenvalue weighted by Gasteiger charge is 2.07. The Labute approximate surface area is 105 Å². The minimum atomic E-state index is -0.735. The number of rotatable bonds is 9. The normalized spacial score (nSPS) is 13.2. The van der Waals surface area contributed by atoms with Gasteiger partial charge in [0.25, 0.3) is 0 Å². The van der Waals surface area contributed by atoms with Gasteiger partial charge in [-0.25, -0.2) is 0 Å². The van der Waals surface area contributed by atoms with Gasteiger partial charge in [-0.3, -0.25) is 4.79 Å². The monoisotopic (exact) mass is 236 g/mol. The molecular formula is C15H24O2. The van der Waals surface area contributed by atoms with Crippen LogP contribution < -0.4 is 0 Å². The van der Waals surface area contributed by atoms with Gasteiger partial charge in [-0.1, -0.05) is 29.9 Å². The minimum absolute atomic E-state index is 0.215. The molecule has 1 N–H and O–H groups in total. The summed E-state index contributed by atoms with van der Waals surface area (Å²) in [6.45, 7) is 11.8. The number of hydrogen-bond donors (Lipinski definition) is 1. The second kappa shape index (κ2) is 8.80. The van der Waals surface area contributed by atoms with E-state index < -0.39 is 5.97 Å². The zero-order valence-electron chi connectivity index (χ0n) is 11.0. The first-order valence-electron chi connectivity index (χ1n) is 6.11. The van der Waals surface area contributed by atoms with Gasteiger partial charge in [0.1, 0.15) is 0 Å². The van der Waals surface area contributed by atoms with Crippen LogP contribution in [0.15, 0.2) is 36.5 Å². The molecule has 0 heterocycles. The van der Waals surface area contributed by atoms with Gasteiger partial charge < -0.3 is 5.11 Å². The van der Waals surface area contributed by atoms with Gasteiger partial charge in [0.2, 0.25) is 0 Å². The van der Waals surface area contributed by atoms with E-state index in [2.05, 4.69) is 19.2 Å². The van der Waals surface area contributed by atoms with Crippen LogP contribution in [-0.2, 0) is 4.79 Å². The first-order chi connectivity index (χ1) is 7.97. The largest absolute Gasteiger partial charge is 0.481 e. The Hall–Kier alpha value is -1.31. The van der Waals surface area contributed by atoms with Crippen LogP contribution >= 0.6 is 0 Å². The fraction of sp³-hybridized carbons (Fsp3) is 0.533. The summed E-state index contributed by atoms with van der Waals surface area (Å²) in [6.07, 6.45) is 7.95. The van der Waals surface area contributed by atoms with Crippen LogP contribution in [0.25, 0.3) is 0 Å². The Kier molecular flexibility index (Phi) is 8.12. The molecule has 0 radical (unpaired) electrons. The second-order valence-corrected chi connectivity index (χ2v) is 4.59. The maximum atomic E-state index is 10.4. The Morgan fingerprint density at radius 3 is 2.47 bits per heavy atom. The highest BCUT2D eigenvalue weighted by atomic mass is 16.4. The molecule has 1 atom stereocenters. The van der Waals surface area contributed by atoms with Crippen molar-refractivity contribution in [2.75, 3.05) is 0 Å². The first-order valence-corrected chi connectivity index (χ1v) is 6.11. The van der Waals surface area contributed by atoms with E-state index in [1.807, 2.05) is 19.9 Å². The lowest BCUT2D eigenvalue weighted by atomic mass is 9.92. The number of carboxylic acid groups (broad SMARTS) is 1. The van der Waals surface area contributed by atoms with E-state index in [1.54, 1.807) is 0 Å². The van der Waals surface area contributed by atoms with E-state index >= 15 is 0 Å². The lowest BCUT2D eigenvalue weighted by Gasteiger charge is -2.14. The summed E-state index contributed by atoms with van der Waals surface area (Å²) in [6, 6.07) is 0. The summed E-state index contributed by atoms with van der Waals surface area (Å²) in [5.41, 5.74) is 2.34. The van der Waals surface area contributed by atoms with Crippen LogP contribution in [0.4, 0.5) is 0 Å². The van der Waals surface area contributed by atoms with Crippen LogP contribution in [0.3, 0.4) is 0 Å². The van der Waals surface area contributed by atoms with Crippen molar-refractivity contribution in [1.82, 2.24) is 0 Å². The van der Waals surface area contributed by atoms with Gasteiger partial charge >= 0.3 is 5.97 Å². The molecule has 0 rings (SSSR count). The topological polar surface area (TPSA) is 37.3 Å². The Bertz CT molecular complexity index is 300. The van der Waals surface area contributed by atoms with Crippen LogP contribution in [0.5, 0.6) is 0 Å². The van der Waals surface area contributed by atoms with E-state index in [1.165, 1.54) is 5.57 Å². The molecule has 2 nitrogen and oxygen atoms in total. The highest BCUT2D eigenvalue weighted by molar-refractivity contribution is 5.66. The third kappa shape index (κ3) is 8.49. The van der Waals surface area contributed by atoms with Crippen molar-refractivity contribution in [2.24, 2.45) is 5.92 Å². The van der Waals surface area contributed by atoms with E-state index in [0.717, 1.165) is 24.8 Å². The van der Waals surface area contributed by atoms with Crippen LogP contribution in [0.1, 0.15) is 46.0 Å². The van der Waals surface area contributed by atoms with Crippen molar-refractivity contribution in [3.8, 4) is 0 Å². The average Bonchev–Trinajstić information content (AvgIpc) is 2.25. The Morgan fingerprint density at radius 1 is 1.35 bits per heavy atom.